The molecule has 42 heavy (non-hydrogen) atoms. The zero-order valence-electron chi connectivity index (χ0n) is 22.4. The Hall–Kier alpha value is -4.50. The quantitative estimate of drug-likeness (QED) is 0.202. The molecule has 10 heteroatoms. The smallest absolute Gasteiger partial charge is 0.251 e. The average molecular weight is 601 g/mol. The van der Waals surface area contributed by atoms with E-state index in [1.54, 1.807) is 59.5 Å². The van der Waals surface area contributed by atoms with Gasteiger partial charge in [0.25, 0.3) is 5.91 Å². The maximum Gasteiger partial charge on any atom is 0.251 e. The van der Waals surface area contributed by atoms with Gasteiger partial charge in [-0.1, -0.05) is 65.7 Å². The summed E-state index contributed by atoms with van der Waals surface area (Å²) in [6.07, 6.45) is 4.00. The van der Waals surface area contributed by atoms with Crippen LogP contribution in [0.4, 0.5) is 0 Å². The third-order valence-corrected chi connectivity index (χ3v) is 7.52. The molecule has 2 amide bonds. The van der Waals surface area contributed by atoms with E-state index in [0.29, 0.717) is 39.1 Å². The van der Waals surface area contributed by atoms with Gasteiger partial charge in [0.1, 0.15) is 6.04 Å². The van der Waals surface area contributed by atoms with Crippen LogP contribution in [0.3, 0.4) is 0 Å². The molecule has 4 N–H and O–H groups in total. The summed E-state index contributed by atoms with van der Waals surface area (Å²) in [6, 6.07) is 24.3. The average Bonchev–Trinajstić information content (AvgIpc) is 3.38. The van der Waals surface area contributed by atoms with Crippen molar-refractivity contribution in [1.82, 2.24) is 20.1 Å². The van der Waals surface area contributed by atoms with Crippen LogP contribution in [-0.2, 0) is 17.6 Å². The first-order chi connectivity index (χ1) is 20.4. The van der Waals surface area contributed by atoms with Crippen LogP contribution >= 0.6 is 23.2 Å². The number of nitrogens with zero attached hydrogens (tertiary/aromatic N) is 3. The Kier molecular flexibility index (Phi) is 8.97. The van der Waals surface area contributed by atoms with Crippen molar-refractivity contribution in [3.8, 4) is 28.2 Å². The van der Waals surface area contributed by atoms with Gasteiger partial charge in [0, 0.05) is 47.7 Å². The zero-order valence-corrected chi connectivity index (χ0v) is 23.9. The summed E-state index contributed by atoms with van der Waals surface area (Å²) in [5.74, 6) is -1.04. The van der Waals surface area contributed by atoms with Gasteiger partial charge in [-0.05, 0) is 54.4 Å². The summed E-state index contributed by atoms with van der Waals surface area (Å²) in [6.45, 7) is -0.107. The molecule has 0 aliphatic rings. The molecule has 0 fully saturated rings. The van der Waals surface area contributed by atoms with E-state index in [1.807, 2.05) is 42.5 Å². The highest BCUT2D eigenvalue weighted by Gasteiger charge is 2.23. The van der Waals surface area contributed by atoms with Gasteiger partial charge in [0.05, 0.1) is 27.1 Å². The Morgan fingerprint density at radius 1 is 0.929 bits per heavy atom. The highest BCUT2D eigenvalue weighted by atomic mass is 35.5. The lowest BCUT2D eigenvalue weighted by Gasteiger charge is -2.16. The van der Waals surface area contributed by atoms with Crippen molar-refractivity contribution in [3.05, 3.63) is 124 Å². The Labute approximate surface area is 252 Å². The molecule has 2 heterocycles. The first-order valence-electron chi connectivity index (χ1n) is 13.2. The summed E-state index contributed by atoms with van der Waals surface area (Å²) in [7, 11) is 0. The van der Waals surface area contributed by atoms with Crippen molar-refractivity contribution in [1.29, 1.82) is 0 Å². The number of benzene rings is 3. The lowest BCUT2D eigenvalue weighted by atomic mass is 9.99. The first-order valence-corrected chi connectivity index (χ1v) is 13.9. The fourth-order valence-corrected chi connectivity index (χ4v) is 5.02. The Bertz CT molecular complexity index is 1710. The number of pyridine rings is 1. The molecule has 0 bridgehead atoms. The number of aromatic nitrogens is 3. The van der Waals surface area contributed by atoms with Crippen molar-refractivity contribution in [2.45, 2.75) is 18.9 Å². The van der Waals surface area contributed by atoms with Crippen LogP contribution < -0.4 is 11.1 Å². The van der Waals surface area contributed by atoms with Gasteiger partial charge in [-0.15, -0.1) is 0 Å². The summed E-state index contributed by atoms with van der Waals surface area (Å²) in [4.78, 5) is 29.4. The molecular weight excluding hydrogens is 573 g/mol. The second-order valence-electron chi connectivity index (χ2n) is 9.60. The van der Waals surface area contributed by atoms with Crippen molar-refractivity contribution >= 4 is 35.0 Å². The number of aliphatic hydroxyl groups excluding tert-OH is 1. The Morgan fingerprint density at radius 2 is 1.69 bits per heavy atom. The van der Waals surface area contributed by atoms with Gasteiger partial charge in [-0.25, -0.2) is 4.68 Å². The molecule has 2 aromatic heterocycles. The van der Waals surface area contributed by atoms with Gasteiger partial charge in [-0.3, -0.25) is 14.6 Å². The number of nitrogens with two attached hydrogens (primary N) is 1. The number of amides is 2. The van der Waals surface area contributed by atoms with Gasteiger partial charge >= 0.3 is 0 Å². The topological polar surface area (TPSA) is 123 Å². The van der Waals surface area contributed by atoms with Crippen LogP contribution in [0.1, 0.15) is 21.5 Å². The van der Waals surface area contributed by atoms with Gasteiger partial charge < -0.3 is 16.2 Å². The Morgan fingerprint density at radius 3 is 2.33 bits per heavy atom. The molecule has 0 unspecified atom stereocenters. The minimum Gasteiger partial charge on any atom is -0.396 e. The van der Waals surface area contributed by atoms with E-state index >= 15 is 0 Å². The molecule has 3 aromatic carbocycles. The fourth-order valence-electron chi connectivity index (χ4n) is 4.73. The molecule has 0 saturated carbocycles. The normalized spacial score (nSPS) is 11.7. The lowest BCUT2D eigenvalue weighted by molar-refractivity contribution is -0.119. The molecule has 212 valence electrons. The summed E-state index contributed by atoms with van der Waals surface area (Å²) < 4.78 is 1.74. The molecule has 0 radical (unpaired) electrons. The second-order valence-corrected chi connectivity index (χ2v) is 10.4. The van der Waals surface area contributed by atoms with Crippen molar-refractivity contribution in [2.24, 2.45) is 5.73 Å². The molecule has 5 aromatic rings. The van der Waals surface area contributed by atoms with Gasteiger partial charge in [0.2, 0.25) is 5.91 Å². The number of carbonyl (C=O) groups is 2. The minimum atomic E-state index is -0.867. The molecule has 0 spiro atoms. The maximum atomic E-state index is 13.1. The van der Waals surface area contributed by atoms with Crippen LogP contribution in [0.5, 0.6) is 0 Å². The third-order valence-electron chi connectivity index (χ3n) is 6.78. The fraction of sp³-hybridized carbons (Fsp3) is 0.125. The lowest BCUT2D eigenvalue weighted by Crippen LogP contribution is -2.45. The summed E-state index contributed by atoms with van der Waals surface area (Å²) in [5.41, 5.74) is 11.2. The molecule has 8 nitrogen and oxygen atoms in total. The number of rotatable bonds is 10. The number of primary amides is 1. The molecule has 5 rings (SSSR count). The van der Waals surface area contributed by atoms with Crippen LogP contribution in [0.15, 0.2) is 97.3 Å². The monoisotopic (exact) mass is 599 g/mol. The van der Waals surface area contributed by atoms with E-state index in [2.05, 4.69) is 10.3 Å². The largest absolute Gasteiger partial charge is 0.396 e. The van der Waals surface area contributed by atoms with E-state index in [-0.39, 0.29) is 13.0 Å². The summed E-state index contributed by atoms with van der Waals surface area (Å²) >= 11 is 12.5. The SMILES string of the molecule is NC(=O)[C@H](Cc1ccccc1)NC(=O)c1ccc(-c2c(CCO)c(-c3cccnc3)nn2-c2ccc(Cl)c(Cl)c2)cc1. The van der Waals surface area contributed by atoms with Crippen LogP contribution in [0, 0.1) is 0 Å². The summed E-state index contributed by atoms with van der Waals surface area (Å²) in [5, 5.41) is 18.4. The minimum absolute atomic E-state index is 0.107. The van der Waals surface area contributed by atoms with Crippen LogP contribution in [-0.4, -0.2) is 44.3 Å². The number of aliphatic hydroxyl groups is 1. The molecule has 0 aliphatic carbocycles. The number of hydrogen-bond donors (Lipinski definition) is 3. The van der Waals surface area contributed by atoms with Crippen molar-refractivity contribution < 1.29 is 14.7 Å². The van der Waals surface area contributed by atoms with Crippen LogP contribution in [0.2, 0.25) is 10.0 Å². The van der Waals surface area contributed by atoms with E-state index in [1.165, 1.54) is 0 Å². The Balaban J connectivity index is 1.52. The first kappa shape index (κ1) is 29.0. The van der Waals surface area contributed by atoms with E-state index in [4.69, 9.17) is 34.0 Å². The van der Waals surface area contributed by atoms with Gasteiger partial charge in [0.15, 0.2) is 0 Å². The highest BCUT2D eigenvalue weighted by Crippen LogP contribution is 2.36. The molecule has 0 aliphatic heterocycles. The van der Waals surface area contributed by atoms with Crippen molar-refractivity contribution in [2.75, 3.05) is 6.61 Å². The molecular formula is C32H27Cl2N5O3. The molecule has 1 atom stereocenters. The van der Waals surface area contributed by atoms with Crippen molar-refractivity contribution in [3.63, 3.8) is 0 Å². The zero-order chi connectivity index (χ0) is 29.6. The number of halogens is 2. The second kappa shape index (κ2) is 13.0. The standard InChI is InChI=1S/C32H27Cl2N5O3/c33-26-13-12-24(18-27(26)34)39-30(25(14-16-40)29(38-39)23-7-4-15-36-19-23)21-8-10-22(11-9-21)32(42)37-28(31(35)41)17-20-5-2-1-3-6-20/h1-13,15,18-19,28,40H,14,16-17H2,(H2,35,41)(H,37,42)/t28-/m0/s1. The maximum absolute atomic E-state index is 13.1. The predicted molar refractivity (Wildman–Crippen MR) is 164 cm³/mol. The number of nitrogens with one attached hydrogen (secondary N) is 1. The van der Waals surface area contributed by atoms with E-state index in [9.17, 15) is 14.7 Å². The molecule has 0 saturated heterocycles. The highest BCUT2D eigenvalue weighted by molar-refractivity contribution is 6.42. The van der Waals surface area contributed by atoms with E-state index < -0.39 is 17.9 Å². The van der Waals surface area contributed by atoms with Crippen LogP contribution in [0.25, 0.3) is 28.2 Å². The van der Waals surface area contributed by atoms with E-state index in [0.717, 1.165) is 22.3 Å². The van der Waals surface area contributed by atoms with Gasteiger partial charge in [-0.2, -0.15) is 5.10 Å². The predicted octanol–water partition coefficient (Wildman–Crippen LogP) is 5.27. The third kappa shape index (κ3) is 6.36. The number of hydrogen-bond acceptors (Lipinski definition) is 5. The number of carbonyl (C=O) groups excluding carboxylic acids is 2.